The van der Waals surface area contributed by atoms with E-state index < -0.39 is 9.84 Å². The Hall–Kier alpha value is -2.69. The normalized spacial score (nSPS) is 16.6. The Kier molecular flexibility index (Phi) is 8.81. The topological polar surface area (TPSA) is 118 Å². The van der Waals surface area contributed by atoms with Gasteiger partial charge in [0.2, 0.25) is 0 Å². The molecule has 0 radical (unpaired) electrons. The van der Waals surface area contributed by atoms with Crippen LogP contribution in [0.3, 0.4) is 0 Å². The van der Waals surface area contributed by atoms with Gasteiger partial charge in [-0.25, -0.2) is 8.42 Å². The Morgan fingerprint density at radius 2 is 1.94 bits per heavy atom. The predicted molar refractivity (Wildman–Crippen MR) is 147 cm³/mol. The minimum absolute atomic E-state index is 0.110. The highest BCUT2D eigenvalue weighted by Gasteiger charge is 2.24. The van der Waals surface area contributed by atoms with Crippen molar-refractivity contribution in [2.24, 2.45) is 0 Å². The minimum atomic E-state index is -2.93. The molecule has 2 heterocycles. The molecule has 194 valence electrons. The lowest BCUT2D eigenvalue weighted by Gasteiger charge is -2.30. The molecule has 1 unspecified atom stereocenters. The highest BCUT2D eigenvalue weighted by Crippen LogP contribution is 2.28. The van der Waals surface area contributed by atoms with Crippen LogP contribution in [0, 0.1) is 0 Å². The highest BCUT2D eigenvalue weighted by atomic mass is 32.2. The zero-order chi connectivity index (χ0) is 25.5. The molecule has 0 spiro atoms. The van der Waals surface area contributed by atoms with E-state index in [1.54, 1.807) is 23.9 Å². The summed E-state index contributed by atoms with van der Waals surface area (Å²) in [5, 5.41) is 4.00. The van der Waals surface area contributed by atoms with E-state index in [-0.39, 0.29) is 22.7 Å². The van der Waals surface area contributed by atoms with Crippen molar-refractivity contribution in [1.29, 1.82) is 0 Å². The van der Waals surface area contributed by atoms with Crippen LogP contribution in [0.4, 0.5) is 5.69 Å². The first-order valence-electron chi connectivity index (χ1n) is 12.2. The number of carbonyl (C=O) groups is 1. The third-order valence-corrected chi connectivity index (χ3v) is 9.06. The average molecular weight is 531 g/mol. The van der Waals surface area contributed by atoms with E-state index in [0.717, 1.165) is 17.6 Å². The van der Waals surface area contributed by atoms with Gasteiger partial charge >= 0.3 is 0 Å². The predicted octanol–water partition coefficient (Wildman–Crippen LogP) is 3.30. The molecule has 1 atom stereocenters. The van der Waals surface area contributed by atoms with Gasteiger partial charge in [0.1, 0.15) is 11.4 Å². The van der Waals surface area contributed by atoms with E-state index in [2.05, 4.69) is 27.3 Å². The Morgan fingerprint density at radius 1 is 1.19 bits per heavy atom. The van der Waals surface area contributed by atoms with Gasteiger partial charge < -0.3 is 25.7 Å². The van der Waals surface area contributed by atoms with Gasteiger partial charge in [-0.15, -0.1) is 0 Å². The lowest BCUT2D eigenvalue weighted by atomic mass is 10.2. The number of sulfone groups is 1. The zero-order valence-corrected chi connectivity index (χ0v) is 22.2. The fraction of sp³-hybridized carbons (Fsp3) is 0.423. The number of nitrogens with one attached hydrogen (secondary N) is 2. The number of fused-ring (bicyclic) bond motifs is 1. The highest BCUT2D eigenvalue weighted by molar-refractivity contribution is 7.99. The number of rotatable bonds is 11. The molecule has 1 saturated heterocycles. The zero-order valence-electron chi connectivity index (χ0n) is 20.5. The van der Waals surface area contributed by atoms with Crippen LogP contribution in [0.15, 0.2) is 48.5 Å². The van der Waals surface area contributed by atoms with Crippen LogP contribution in [0.5, 0.6) is 5.75 Å². The molecule has 3 aromatic rings. The monoisotopic (exact) mass is 530 g/mol. The molecule has 4 N–H and O–H groups in total. The van der Waals surface area contributed by atoms with Crippen LogP contribution in [0.25, 0.3) is 10.9 Å². The number of benzene rings is 2. The molecule has 2 aromatic carbocycles. The number of nitrogens with zero attached hydrogens (tertiary/aromatic N) is 1. The molecule has 8 nitrogen and oxygen atoms in total. The number of thioether (sulfide) groups is 1. The molecular weight excluding hydrogens is 496 g/mol. The molecule has 0 saturated carbocycles. The third-order valence-electron chi connectivity index (χ3n) is 6.17. The molecule has 1 aliphatic rings. The quantitative estimate of drug-likeness (QED) is 0.326. The van der Waals surface area contributed by atoms with E-state index in [0.29, 0.717) is 55.4 Å². The molecule has 1 aromatic heterocycles. The van der Waals surface area contributed by atoms with Gasteiger partial charge in [-0.2, -0.15) is 11.8 Å². The standard InChI is InChI=1S/C26H34N4O4S2/c1-2-10-34-21-13-20-14-24(29-25(20)23(27)15-21)26(31)28-16-22(35-18-19-6-4-3-5-7-19)17-30-8-11-36(32,33)12-9-30/h3-7,13-15,22,29H,2,8-12,16-18,27H2,1H3,(H,28,31). The van der Waals surface area contributed by atoms with Crippen molar-refractivity contribution in [3.05, 3.63) is 59.8 Å². The number of aromatic nitrogens is 1. The number of hydrogen-bond donors (Lipinski definition) is 3. The first kappa shape index (κ1) is 26.4. The molecule has 1 amide bonds. The van der Waals surface area contributed by atoms with Crippen molar-refractivity contribution < 1.29 is 17.9 Å². The van der Waals surface area contributed by atoms with Crippen molar-refractivity contribution in [3.63, 3.8) is 0 Å². The van der Waals surface area contributed by atoms with Crippen LogP contribution < -0.4 is 15.8 Å². The van der Waals surface area contributed by atoms with Gasteiger partial charge in [0.25, 0.3) is 5.91 Å². The summed E-state index contributed by atoms with van der Waals surface area (Å²) in [6.45, 7) is 4.89. The Labute approximate surface area is 216 Å². The number of amides is 1. The van der Waals surface area contributed by atoms with E-state index in [4.69, 9.17) is 10.5 Å². The van der Waals surface area contributed by atoms with Gasteiger partial charge in [-0.3, -0.25) is 4.79 Å². The first-order valence-corrected chi connectivity index (χ1v) is 15.1. The number of H-pyrrole nitrogens is 1. The fourth-order valence-corrected chi connectivity index (χ4v) is 6.57. The molecule has 1 fully saturated rings. The van der Waals surface area contributed by atoms with Crippen molar-refractivity contribution in [2.45, 2.75) is 24.3 Å². The summed E-state index contributed by atoms with van der Waals surface area (Å²) in [6.07, 6.45) is 0.898. The number of anilines is 1. The number of aromatic amines is 1. The van der Waals surface area contributed by atoms with E-state index in [1.807, 2.05) is 31.2 Å². The van der Waals surface area contributed by atoms with Crippen LogP contribution in [0.1, 0.15) is 29.4 Å². The van der Waals surface area contributed by atoms with Crippen molar-refractivity contribution in [3.8, 4) is 5.75 Å². The molecule has 36 heavy (non-hydrogen) atoms. The second-order valence-electron chi connectivity index (χ2n) is 9.09. The maximum Gasteiger partial charge on any atom is 0.267 e. The summed E-state index contributed by atoms with van der Waals surface area (Å²) < 4.78 is 29.4. The maximum absolute atomic E-state index is 13.0. The van der Waals surface area contributed by atoms with Crippen molar-refractivity contribution in [1.82, 2.24) is 15.2 Å². The summed E-state index contributed by atoms with van der Waals surface area (Å²) in [5.41, 5.74) is 9.10. The largest absolute Gasteiger partial charge is 0.494 e. The van der Waals surface area contributed by atoms with Crippen LogP contribution >= 0.6 is 11.8 Å². The number of nitrogens with two attached hydrogens (primary N) is 1. The van der Waals surface area contributed by atoms with Crippen LogP contribution in [-0.4, -0.2) is 73.8 Å². The molecule has 1 aliphatic heterocycles. The van der Waals surface area contributed by atoms with Gasteiger partial charge in [0.05, 0.1) is 29.3 Å². The van der Waals surface area contributed by atoms with E-state index in [1.165, 1.54) is 5.56 Å². The maximum atomic E-state index is 13.0. The molecule has 0 bridgehead atoms. The second-order valence-corrected chi connectivity index (χ2v) is 12.7. The van der Waals surface area contributed by atoms with Crippen LogP contribution in [0.2, 0.25) is 0 Å². The Bertz CT molecular complexity index is 1260. The lowest BCUT2D eigenvalue weighted by Crippen LogP contribution is -2.45. The van der Waals surface area contributed by atoms with E-state index in [9.17, 15) is 13.2 Å². The van der Waals surface area contributed by atoms with E-state index >= 15 is 0 Å². The number of ether oxygens (including phenoxy) is 1. The summed E-state index contributed by atoms with van der Waals surface area (Å²) in [4.78, 5) is 18.3. The SMILES string of the molecule is CCCOc1cc(N)c2[nH]c(C(=O)NCC(CN3CCS(=O)(=O)CC3)SCc3ccccc3)cc2c1. The summed E-state index contributed by atoms with van der Waals surface area (Å²) >= 11 is 1.77. The van der Waals surface area contributed by atoms with Gasteiger partial charge in [0, 0.05) is 48.6 Å². The summed E-state index contributed by atoms with van der Waals surface area (Å²) in [6, 6.07) is 15.6. The average Bonchev–Trinajstić information content (AvgIpc) is 3.31. The molecule has 4 rings (SSSR count). The summed E-state index contributed by atoms with van der Waals surface area (Å²) in [7, 11) is -2.93. The van der Waals surface area contributed by atoms with Gasteiger partial charge in [0.15, 0.2) is 9.84 Å². The molecule has 10 heteroatoms. The number of hydrogen-bond acceptors (Lipinski definition) is 7. The second kappa shape index (κ2) is 12.0. The fourth-order valence-electron chi connectivity index (χ4n) is 4.16. The Balaban J connectivity index is 1.41. The third kappa shape index (κ3) is 7.18. The number of nitrogen functional groups attached to an aromatic ring is 1. The van der Waals surface area contributed by atoms with Crippen LogP contribution in [-0.2, 0) is 15.6 Å². The first-order chi connectivity index (χ1) is 17.3. The smallest absolute Gasteiger partial charge is 0.267 e. The van der Waals surface area contributed by atoms with Gasteiger partial charge in [-0.05, 0) is 24.1 Å². The summed E-state index contributed by atoms with van der Waals surface area (Å²) in [5.74, 6) is 1.69. The van der Waals surface area contributed by atoms with Gasteiger partial charge in [-0.1, -0.05) is 37.3 Å². The van der Waals surface area contributed by atoms with Crippen molar-refractivity contribution in [2.75, 3.05) is 50.0 Å². The van der Waals surface area contributed by atoms with Crippen molar-refractivity contribution >= 4 is 44.1 Å². The lowest BCUT2D eigenvalue weighted by molar-refractivity contribution is 0.0948. The Morgan fingerprint density at radius 3 is 2.67 bits per heavy atom. The minimum Gasteiger partial charge on any atom is -0.494 e. The molecule has 0 aliphatic carbocycles. The number of carbonyl (C=O) groups excluding carboxylic acids is 1. The molecular formula is C26H34N4O4S2.